The van der Waals surface area contributed by atoms with Gasteiger partial charge in [0.05, 0.1) is 11.4 Å². The lowest BCUT2D eigenvalue weighted by atomic mass is 10.4. The first-order chi connectivity index (χ1) is 8.99. The molecule has 0 radical (unpaired) electrons. The zero-order valence-electron chi connectivity index (χ0n) is 9.61. The van der Waals surface area contributed by atoms with Gasteiger partial charge in [0.25, 0.3) is 0 Å². The maximum absolute atomic E-state index is 12.4. The van der Waals surface area contributed by atoms with Crippen LogP contribution in [0.25, 0.3) is 0 Å². The molecule has 2 rings (SSSR count). The molecule has 2 heterocycles. The zero-order valence-corrected chi connectivity index (χ0v) is 10.4. The summed E-state index contributed by atoms with van der Waals surface area (Å²) in [5.41, 5.74) is -0.899. The smallest absolute Gasteiger partial charge is 0.384 e. The van der Waals surface area contributed by atoms with Gasteiger partial charge in [-0.1, -0.05) is 11.8 Å². The van der Waals surface area contributed by atoms with Crippen molar-refractivity contribution >= 4 is 11.3 Å². The van der Waals surface area contributed by atoms with Crippen molar-refractivity contribution in [3.05, 3.63) is 39.8 Å². The van der Waals surface area contributed by atoms with Gasteiger partial charge in [0.2, 0.25) is 0 Å². The van der Waals surface area contributed by atoms with Gasteiger partial charge < -0.3 is 5.11 Å². The van der Waals surface area contributed by atoms with E-state index in [9.17, 15) is 13.2 Å². The molecule has 0 unspecified atom stereocenters. The van der Waals surface area contributed by atoms with Crippen LogP contribution < -0.4 is 0 Å². The molecule has 3 nitrogen and oxygen atoms in total. The van der Waals surface area contributed by atoms with E-state index in [0.29, 0.717) is 0 Å². The van der Waals surface area contributed by atoms with E-state index in [1.165, 1.54) is 22.2 Å². The van der Waals surface area contributed by atoms with Crippen LogP contribution in [0.15, 0.2) is 24.4 Å². The second kappa shape index (κ2) is 5.47. The van der Waals surface area contributed by atoms with Crippen LogP contribution in [-0.2, 0) is 12.7 Å². The number of aliphatic hydroxyl groups excluding tert-OH is 1. The topological polar surface area (TPSA) is 38.0 Å². The highest BCUT2D eigenvalue weighted by Crippen LogP contribution is 2.27. The molecule has 0 aliphatic rings. The predicted octanol–water partition coefficient (Wildman–Crippen LogP) is 2.36. The summed E-state index contributed by atoms with van der Waals surface area (Å²) < 4.78 is 38.3. The molecule has 0 aliphatic carbocycles. The van der Waals surface area contributed by atoms with E-state index in [2.05, 4.69) is 16.9 Å². The van der Waals surface area contributed by atoms with Crippen LogP contribution in [0, 0.1) is 11.8 Å². The monoisotopic (exact) mass is 286 g/mol. The Kier molecular flexibility index (Phi) is 3.93. The maximum Gasteiger partial charge on any atom is 0.435 e. The van der Waals surface area contributed by atoms with E-state index >= 15 is 0 Å². The van der Waals surface area contributed by atoms with E-state index in [1.54, 1.807) is 12.1 Å². The Balaban J connectivity index is 2.09. The van der Waals surface area contributed by atoms with Crippen LogP contribution >= 0.6 is 11.3 Å². The summed E-state index contributed by atoms with van der Waals surface area (Å²) >= 11 is 1.36. The lowest BCUT2D eigenvalue weighted by molar-refractivity contribution is -0.141. The van der Waals surface area contributed by atoms with Gasteiger partial charge in [-0.3, -0.25) is 4.68 Å². The fourth-order valence-corrected chi connectivity index (χ4v) is 2.29. The third kappa shape index (κ3) is 3.59. The minimum atomic E-state index is -4.42. The fraction of sp³-hybridized carbons (Fsp3) is 0.250. The molecular formula is C12H9F3N2OS. The van der Waals surface area contributed by atoms with Crippen molar-refractivity contribution in [2.75, 3.05) is 6.61 Å². The first-order valence-corrected chi connectivity index (χ1v) is 6.10. The second-order valence-electron chi connectivity index (χ2n) is 3.62. The SMILES string of the molecule is OCC#Cc1ccc(Cn2ccc(C(F)(F)F)n2)s1. The van der Waals surface area contributed by atoms with Gasteiger partial charge in [0.15, 0.2) is 5.69 Å². The Labute approximate surface area is 111 Å². The Bertz CT molecular complexity index is 619. The van der Waals surface area contributed by atoms with Crippen molar-refractivity contribution in [2.45, 2.75) is 12.7 Å². The molecule has 0 fully saturated rings. The van der Waals surface area contributed by atoms with E-state index in [4.69, 9.17) is 5.11 Å². The van der Waals surface area contributed by atoms with Crippen molar-refractivity contribution in [1.29, 1.82) is 0 Å². The highest BCUT2D eigenvalue weighted by Gasteiger charge is 2.33. The number of alkyl halides is 3. The molecule has 0 saturated heterocycles. The van der Waals surface area contributed by atoms with Crippen LogP contribution in [-0.4, -0.2) is 21.5 Å². The molecule has 0 spiro atoms. The Morgan fingerprint density at radius 3 is 2.74 bits per heavy atom. The summed E-state index contributed by atoms with van der Waals surface area (Å²) in [6, 6.07) is 4.48. The van der Waals surface area contributed by atoms with Gasteiger partial charge >= 0.3 is 6.18 Å². The predicted molar refractivity (Wildman–Crippen MR) is 64.6 cm³/mol. The molecule has 0 saturated carbocycles. The molecule has 0 atom stereocenters. The summed E-state index contributed by atoms with van der Waals surface area (Å²) in [5.74, 6) is 5.25. The molecular weight excluding hydrogens is 277 g/mol. The van der Waals surface area contributed by atoms with Crippen molar-refractivity contribution < 1.29 is 18.3 Å². The summed E-state index contributed by atoms with van der Waals surface area (Å²) in [5, 5.41) is 12.0. The lowest BCUT2D eigenvalue weighted by Gasteiger charge is -2.01. The van der Waals surface area contributed by atoms with E-state index in [-0.39, 0.29) is 13.2 Å². The summed E-state index contributed by atoms with van der Waals surface area (Å²) in [6.45, 7) is 0.0445. The normalized spacial score (nSPS) is 11.2. The van der Waals surface area contributed by atoms with Gasteiger partial charge in [-0.25, -0.2) is 0 Å². The first-order valence-electron chi connectivity index (χ1n) is 5.28. The number of aliphatic hydroxyl groups is 1. The summed E-state index contributed by atoms with van der Waals surface area (Å²) in [4.78, 5) is 1.60. The standard InChI is InChI=1S/C12H9F3N2OS/c13-12(14,15)11-5-6-17(16-11)8-10-4-3-9(19-10)2-1-7-18/h3-6,18H,7-8H2. The first kappa shape index (κ1) is 13.6. The molecule has 0 aliphatic heterocycles. The van der Waals surface area contributed by atoms with Gasteiger partial charge in [-0.05, 0) is 18.2 Å². The van der Waals surface area contributed by atoms with E-state index in [1.807, 2.05) is 0 Å². The van der Waals surface area contributed by atoms with E-state index in [0.717, 1.165) is 15.8 Å². The Hall–Kier alpha value is -1.78. The third-order valence-corrected chi connectivity index (χ3v) is 3.19. The number of thiophene rings is 1. The van der Waals surface area contributed by atoms with Crippen molar-refractivity contribution in [2.24, 2.45) is 0 Å². The molecule has 2 aromatic rings. The lowest BCUT2D eigenvalue weighted by Crippen LogP contribution is -2.08. The van der Waals surface area contributed by atoms with Crippen LogP contribution in [0.4, 0.5) is 13.2 Å². The van der Waals surface area contributed by atoms with Crippen LogP contribution in [0.1, 0.15) is 15.4 Å². The molecule has 0 amide bonds. The minimum absolute atomic E-state index is 0.221. The zero-order chi connectivity index (χ0) is 13.9. The molecule has 0 bridgehead atoms. The average Bonchev–Trinajstić information content (AvgIpc) is 2.95. The largest absolute Gasteiger partial charge is 0.435 e. The minimum Gasteiger partial charge on any atom is -0.384 e. The second-order valence-corrected chi connectivity index (χ2v) is 4.79. The number of aromatic nitrogens is 2. The Morgan fingerprint density at radius 1 is 1.32 bits per heavy atom. The van der Waals surface area contributed by atoms with Crippen LogP contribution in [0.5, 0.6) is 0 Å². The number of hydrogen-bond donors (Lipinski definition) is 1. The van der Waals surface area contributed by atoms with Gasteiger partial charge in [0, 0.05) is 11.1 Å². The van der Waals surface area contributed by atoms with Gasteiger partial charge in [-0.2, -0.15) is 18.3 Å². The molecule has 2 aromatic heterocycles. The molecule has 19 heavy (non-hydrogen) atoms. The third-order valence-electron chi connectivity index (χ3n) is 2.20. The number of hydrogen-bond acceptors (Lipinski definition) is 3. The summed E-state index contributed by atoms with van der Waals surface area (Å²) in [7, 11) is 0. The van der Waals surface area contributed by atoms with E-state index < -0.39 is 11.9 Å². The van der Waals surface area contributed by atoms with Gasteiger partial charge in [-0.15, -0.1) is 11.3 Å². The summed E-state index contributed by atoms with van der Waals surface area (Å²) in [6.07, 6.45) is -3.12. The molecule has 7 heteroatoms. The van der Waals surface area contributed by atoms with Crippen molar-refractivity contribution in [1.82, 2.24) is 9.78 Å². The van der Waals surface area contributed by atoms with Gasteiger partial charge in [0.1, 0.15) is 6.61 Å². The van der Waals surface area contributed by atoms with Crippen LogP contribution in [0.2, 0.25) is 0 Å². The molecule has 100 valence electrons. The maximum atomic E-state index is 12.4. The fourth-order valence-electron chi connectivity index (χ4n) is 1.42. The molecule has 1 N–H and O–H groups in total. The number of rotatable bonds is 2. The van der Waals surface area contributed by atoms with Crippen molar-refractivity contribution in [3.63, 3.8) is 0 Å². The number of halogens is 3. The molecule has 0 aromatic carbocycles. The quantitative estimate of drug-likeness (QED) is 0.861. The van der Waals surface area contributed by atoms with Crippen molar-refractivity contribution in [3.8, 4) is 11.8 Å². The Morgan fingerprint density at radius 2 is 2.11 bits per heavy atom. The average molecular weight is 286 g/mol. The number of nitrogens with zero attached hydrogens (tertiary/aromatic N) is 2. The van der Waals surface area contributed by atoms with Crippen LogP contribution in [0.3, 0.4) is 0 Å². The highest BCUT2D eigenvalue weighted by atomic mass is 32.1. The highest BCUT2D eigenvalue weighted by molar-refractivity contribution is 7.12.